The van der Waals surface area contributed by atoms with Gasteiger partial charge in [0.1, 0.15) is 11.0 Å². The lowest BCUT2D eigenvalue weighted by molar-refractivity contribution is 0.602. The molecule has 0 radical (unpaired) electrons. The molecular formula is C6H9NO2S. The van der Waals surface area contributed by atoms with Crippen LogP contribution in [0.15, 0.2) is 11.5 Å². The summed E-state index contributed by atoms with van der Waals surface area (Å²) < 4.78 is 21.7. The molecule has 4 heteroatoms. The van der Waals surface area contributed by atoms with Gasteiger partial charge in [-0.05, 0) is 6.42 Å². The highest BCUT2D eigenvalue weighted by Gasteiger charge is 2.12. The molecule has 0 aromatic carbocycles. The van der Waals surface area contributed by atoms with Gasteiger partial charge >= 0.3 is 0 Å². The summed E-state index contributed by atoms with van der Waals surface area (Å²) in [6.07, 6.45) is 0.517. The van der Waals surface area contributed by atoms with Crippen LogP contribution >= 0.6 is 0 Å². The topological polar surface area (TPSA) is 57.9 Å². The van der Waals surface area contributed by atoms with Crippen molar-refractivity contribution in [2.24, 2.45) is 0 Å². The first-order valence-corrected chi connectivity index (χ1v) is 4.51. The lowest BCUT2D eigenvalue weighted by Crippen LogP contribution is -2.05. The zero-order valence-corrected chi connectivity index (χ0v) is 6.61. The molecule has 0 bridgehead atoms. The van der Waals surface area contributed by atoms with Gasteiger partial charge in [-0.15, -0.1) is 0 Å². The van der Waals surface area contributed by atoms with E-state index in [0.29, 0.717) is 6.42 Å². The van der Waals surface area contributed by atoms with E-state index in [9.17, 15) is 8.42 Å². The van der Waals surface area contributed by atoms with Crippen molar-refractivity contribution in [1.29, 1.82) is 5.26 Å². The number of nitrogens with zero attached hydrogens (tertiary/aromatic N) is 1. The van der Waals surface area contributed by atoms with Crippen molar-refractivity contribution < 1.29 is 8.42 Å². The van der Waals surface area contributed by atoms with Crippen molar-refractivity contribution in [3.8, 4) is 6.07 Å². The molecule has 0 saturated carbocycles. The van der Waals surface area contributed by atoms with Gasteiger partial charge in [0.2, 0.25) is 0 Å². The second-order valence-electron chi connectivity index (χ2n) is 1.85. The lowest BCUT2D eigenvalue weighted by Gasteiger charge is -1.95. The molecule has 0 unspecified atom stereocenters. The molecule has 56 valence electrons. The average Bonchev–Trinajstić information content (AvgIpc) is 1.86. The highest BCUT2D eigenvalue weighted by Crippen LogP contribution is 2.03. The summed E-state index contributed by atoms with van der Waals surface area (Å²) >= 11 is 0. The highest BCUT2D eigenvalue weighted by atomic mass is 32.2. The Morgan fingerprint density at radius 2 is 2.20 bits per heavy atom. The van der Waals surface area contributed by atoms with Gasteiger partial charge < -0.3 is 0 Å². The van der Waals surface area contributed by atoms with E-state index in [1.165, 1.54) is 6.07 Å². The standard InChI is InChI=1S/C6H9NO2S/c1-3-4-10(8,9)6(2)5-7/h2-4H2,1H3. The maximum Gasteiger partial charge on any atom is 0.187 e. The van der Waals surface area contributed by atoms with E-state index in [-0.39, 0.29) is 10.7 Å². The fourth-order valence-electron chi connectivity index (χ4n) is 0.461. The summed E-state index contributed by atoms with van der Waals surface area (Å²) in [5.41, 5.74) is 0. The minimum Gasteiger partial charge on any atom is -0.223 e. The molecular weight excluding hydrogens is 150 g/mol. The Bertz CT molecular complexity index is 258. The van der Waals surface area contributed by atoms with Crippen LogP contribution in [0, 0.1) is 11.3 Å². The Morgan fingerprint density at radius 1 is 1.70 bits per heavy atom. The maximum atomic E-state index is 10.8. The fraction of sp³-hybridized carbons (Fsp3) is 0.500. The summed E-state index contributed by atoms with van der Waals surface area (Å²) in [4.78, 5) is -0.339. The maximum absolute atomic E-state index is 10.8. The third-order valence-electron chi connectivity index (χ3n) is 0.973. The molecule has 10 heavy (non-hydrogen) atoms. The molecule has 0 aromatic rings. The first-order chi connectivity index (χ1) is 4.54. The summed E-state index contributed by atoms with van der Waals surface area (Å²) in [7, 11) is -3.32. The minimum atomic E-state index is -3.32. The van der Waals surface area contributed by atoms with Crippen LogP contribution < -0.4 is 0 Å². The van der Waals surface area contributed by atoms with Gasteiger partial charge in [0.25, 0.3) is 0 Å². The predicted molar refractivity (Wildman–Crippen MR) is 38.8 cm³/mol. The number of nitriles is 1. The number of hydrogen-bond donors (Lipinski definition) is 0. The van der Waals surface area contributed by atoms with Crippen LogP contribution in [0.25, 0.3) is 0 Å². The third kappa shape index (κ3) is 2.19. The fourth-order valence-corrected chi connectivity index (χ4v) is 1.38. The largest absolute Gasteiger partial charge is 0.223 e. The van der Waals surface area contributed by atoms with Crippen molar-refractivity contribution in [3.05, 3.63) is 11.5 Å². The molecule has 0 aliphatic heterocycles. The smallest absolute Gasteiger partial charge is 0.187 e. The highest BCUT2D eigenvalue weighted by molar-refractivity contribution is 7.95. The molecule has 0 N–H and O–H groups in total. The first-order valence-electron chi connectivity index (χ1n) is 2.86. The van der Waals surface area contributed by atoms with Gasteiger partial charge in [-0.3, -0.25) is 0 Å². The molecule has 0 amide bonds. The van der Waals surface area contributed by atoms with E-state index in [2.05, 4.69) is 6.58 Å². The number of allylic oxidation sites excluding steroid dienone is 1. The Labute approximate surface area is 60.9 Å². The molecule has 0 rings (SSSR count). The van der Waals surface area contributed by atoms with Crippen molar-refractivity contribution in [1.82, 2.24) is 0 Å². The Morgan fingerprint density at radius 3 is 2.50 bits per heavy atom. The third-order valence-corrected chi connectivity index (χ3v) is 2.76. The Balaban J connectivity index is 4.47. The molecule has 0 aliphatic carbocycles. The van der Waals surface area contributed by atoms with E-state index in [4.69, 9.17) is 5.26 Å². The average molecular weight is 159 g/mol. The van der Waals surface area contributed by atoms with E-state index in [1.54, 1.807) is 6.92 Å². The van der Waals surface area contributed by atoms with Crippen molar-refractivity contribution >= 4 is 9.84 Å². The van der Waals surface area contributed by atoms with Crippen molar-refractivity contribution in [2.45, 2.75) is 13.3 Å². The Kier molecular flexibility index (Phi) is 3.10. The molecule has 0 aliphatic rings. The van der Waals surface area contributed by atoms with E-state index < -0.39 is 9.84 Å². The van der Waals surface area contributed by atoms with Crippen LogP contribution in [0.1, 0.15) is 13.3 Å². The van der Waals surface area contributed by atoms with Crippen molar-refractivity contribution in [3.63, 3.8) is 0 Å². The monoisotopic (exact) mass is 159 g/mol. The molecule has 0 spiro atoms. The molecule has 3 nitrogen and oxygen atoms in total. The molecule has 0 atom stereocenters. The Hall–Kier alpha value is -0.820. The zero-order valence-electron chi connectivity index (χ0n) is 5.79. The summed E-state index contributed by atoms with van der Waals surface area (Å²) in [5.74, 6) is 0.0133. The molecule has 0 fully saturated rings. The van der Waals surface area contributed by atoms with Crippen LogP contribution in [0.3, 0.4) is 0 Å². The lowest BCUT2D eigenvalue weighted by atomic mass is 10.6. The van der Waals surface area contributed by atoms with Gasteiger partial charge in [0.15, 0.2) is 9.84 Å². The van der Waals surface area contributed by atoms with Gasteiger partial charge in [0.05, 0.1) is 5.75 Å². The number of hydrogen-bond acceptors (Lipinski definition) is 3. The zero-order chi connectivity index (χ0) is 8.20. The van der Waals surface area contributed by atoms with E-state index in [0.717, 1.165) is 0 Å². The van der Waals surface area contributed by atoms with Crippen LogP contribution in [0.5, 0.6) is 0 Å². The number of sulfone groups is 1. The van der Waals surface area contributed by atoms with Gasteiger partial charge in [0, 0.05) is 0 Å². The summed E-state index contributed by atoms with van der Waals surface area (Å²) in [6.45, 7) is 4.85. The second-order valence-corrected chi connectivity index (χ2v) is 3.98. The molecule has 0 heterocycles. The van der Waals surface area contributed by atoms with Crippen molar-refractivity contribution in [2.75, 3.05) is 5.75 Å². The first kappa shape index (κ1) is 9.18. The van der Waals surface area contributed by atoms with E-state index in [1.807, 2.05) is 0 Å². The molecule has 0 aromatic heterocycles. The second kappa shape index (κ2) is 3.37. The van der Waals surface area contributed by atoms with Crippen LogP contribution in [0.2, 0.25) is 0 Å². The van der Waals surface area contributed by atoms with Crippen LogP contribution in [-0.4, -0.2) is 14.2 Å². The normalized spacial score (nSPS) is 10.4. The molecule has 0 saturated heterocycles. The summed E-state index contributed by atoms with van der Waals surface area (Å²) in [6, 6.07) is 1.51. The van der Waals surface area contributed by atoms with Gasteiger partial charge in [-0.25, -0.2) is 8.42 Å². The van der Waals surface area contributed by atoms with E-state index >= 15 is 0 Å². The predicted octanol–water partition coefficient (Wildman–Crippen LogP) is 0.848. The van der Waals surface area contributed by atoms with Crippen LogP contribution in [-0.2, 0) is 9.84 Å². The van der Waals surface area contributed by atoms with Gasteiger partial charge in [-0.1, -0.05) is 13.5 Å². The summed E-state index contributed by atoms with van der Waals surface area (Å²) in [5, 5.41) is 8.17. The SMILES string of the molecule is C=C(C#N)S(=O)(=O)CCC. The number of rotatable bonds is 3. The minimum absolute atomic E-state index is 0.0133. The quantitative estimate of drug-likeness (QED) is 0.573. The van der Waals surface area contributed by atoms with Crippen LogP contribution in [0.4, 0.5) is 0 Å². The van der Waals surface area contributed by atoms with Gasteiger partial charge in [-0.2, -0.15) is 5.26 Å².